The number of nitrogens with zero attached hydrogens (tertiary/aromatic N) is 3. The van der Waals surface area contributed by atoms with Gasteiger partial charge in [-0.25, -0.2) is 9.78 Å². The van der Waals surface area contributed by atoms with E-state index in [0.29, 0.717) is 10.7 Å². The standard InChI is InChI=1S/C18H14N4O4S/c19-8-11-7-18(12-3-1-2-4-13(12)21-17(18)25)10-22(11)15(23)16(24)26-9-14-20-5-6-27-14/h1-6,11H,7,9-10H2,(H,21,25)/t11-,18-/m0/s1. The number of para-hydroxylation sites is 1. The number of aromatic nitrogens is 1. The number of nitriles is 1. The molecule has 2 aliphatic rings. The fraction of sp³-hybridized carbons (Fsp3) is 0.278. The summed E-state index contributed by atoms with van der Waals surface area (Å²) in [6, 6.07) is 8.32. The van der Waals surface area contributed by atoms with Crippen LogP contribution in [0.5, 0.6) is 0 Å². The summed E-state index contributed by atoms with van der Waals surface area (Å²) in [4.78, 5) is 42.5. The topological polar surface area (TPSA) is 112 Å². The quantitative estimate of drug-likeness (QED) is 0.617. The summed E-state index contributed by atoms with van der Waals surface area (Å²) in [6.07, 6.45) is 1.71. The Balaban J connectivity index is 1.55. The van der Waals surface area contributed by atoms with Crippen LogP contribution in [0.3, 0.4) is 0 Å². The molecular weight excluding hydrogens is 368 g/mol. The molecule has 27 heavy (non-hydrogen) atoms. The molecule has 0 unspecified atom stereocenters. The Morgan fingerprint density at radius 2 is 2.26 bits per heavy atom. The molecule has 2 atom stereocenters. The monoisotopic (exact) mass is 382 g/mol. The van der Waals surface area contributed by atoms with Gasteiger partial charge in [-0.2, -0.15) is 5.26 Å². The van der Waals surface area contributed by atoms with Crippen molar-refractivity contribution in [1.82, 2.24) is 9.88 Å². The van der Waals surface area contributed by atoms with E-state index in [1.807, 2.05) is 6.07 Å². The summed E-state index contributed by atoms with van der Waals surface area (Å²) in [7, 11) is 0. The second-order valence-electron chi connectivity index (χ2n) is 6.37. The highest BCUT2D eigenvalue weighted by Gasteiger charge is 2.56. The van der Waals surface area contributed by atoms with E-state index in [1.54, 1.807) is 35.8 Å². The molecule has 4 rings (SSSR count). The number of carbonyl (C=O) groups excluding carboxylic acids is 3. The van der Waals surface area contributed by atoms with Gasteiger partial charge in [0.25, 0.3) is 0 Å². The molecule has 0 bridgehead atoms. The van der Waals surface area contributed by atoms with E-state index in [2.05, 4.69) is 10.3 Å². The molecule has 1 aromatic carbocycles. The van der Waals surface area contributed by atoms with E-state index in [0.717, 1.165) is 10.5 Å². The number of rotatable bonds is 2. The Morgan fingerprint density at radius 1 is 1.44 bits per heavy atom. The van der Waals surface area contributed by atoms with Crippen molar-refractivity contribution in [3.63, 3.8) is 0 Å². The number of esters is 1. The van der Waals surface area contributed by atoms with Gasteiger partial charge in [-0.05, 0) is 11.6 Å². The Labute approximate surface area is 158 Å². The second kappa shape index (κ2) is 6.48. The number of nitrogens with one attached hydrogen (secondary N) is 1. The van der Waals surface area contributed by atoms with Crippen molar-refractivity contribution < 1.29 is 19.1 Å². The predicted octanol–water partition coefficient (Wildman–Crippen LogP) is 1.20. The van der Waals surface area contributed by atoms with Crippen LogP contribution in [-0.4, -0.2) is 40.3 Å². The summed E-state index contributed by atoms with van der Waals surface area (Å²) >= 11 is 1.30. The number of carbonyl (C=O) groups is 3. The molecule has 0 radical (unpaired) electrons. The van der Waals surface area contributed by atoms with Gasteiger partial charge in [0, 0.05) is 30.2 Å². The normalized spacial score (nSPS) is 23.0. The van der Waals surface area contributed by atoms with Gasteiger partial charge in [0.15, 0.2) is 0 Å². The van der Waals surface area contributed by atoms with Crippen LogP contribution < -0.4 is 5.32 Å². The third-order valence-corrected chi connectivity index (χ3v) is 5.63. The summed E-state index contributed by atoms with van der Waals surface area (Å²) in [5.41, 5.74) is 0.379. The zero-order valence-corrected chi connectivity index (χ0v) is 14.9. The lowest BCUT2D eigenvalue weighted by atomic mass is 9.80. The largest absolute Gasteiger partial charge is 0.451 e. The highest BCUT2D eigenvalue weighted by atomic mass is 32.1. The summed E-state index contributed by atoms with van der Waals surface area (Å²) in [5, 5.41) is 14.6. The maximum Gasteiger partial charge on any atom is 0.397 e. The average Bonchev–Trinajstić information content (AvgIpc) is 3.39. The minimum absolute atomic E-state index is 0.0424. The van der Waals surface area contributed by atoms with Crippen molar-refractivity contribution in [2.45, 2.75) is 24.5 Å². The summed E-state index contributed by atoms with van der Waals surface area (Å²) in [5.74, 6) is -2.25. The predicted molar refractivity (Wildman–Crippen MR) is 94.4 cm³/mol. The van der Waals surface area contributed by atoms with Gasteiger partial charge in [0.05, 0.1) is 11.5 Å². The molecule has 3 heterocycles. The van der Waals surface area contributed by atoms with Gasteiger partial charge < -0.3 is 15.0 Å². The van der Waals surface area contributed by atoms with Gasteiger partial charge >= 0.3 is 11.9 Å². The highest BCUT2D eigenvalue weighted by Crippen LogP contribution is 2.46. The number of hydrogen-bond donors (Lipinski definition) is 1. The molecule has 1 N–H and O–H groups in total. The van der Waals surface area contributed by atoms with Crippen molar-refractivity contribution in [3.8, 4) is 6.07 Å². The number of hydrogen-bond acceptors (Lipinski definition) is 7. The number of fused-ring (bicyclic) bond motifs is 2. The molecule has 1 saturated heterocycles. The number of benzene rings is 1. The molecule has 8 nitrogen and oxygen atoms in total. The van der Waals surface area contributed by atoms with Crippen LogP contribution in [0.4, 0.5) is 5.69 Å². The van der Waals surface area contributed by atoms with Gasteiger partial charge in [0.1, 0.15) is 17.7 Å². The zero-order chi connectivity index (χ0) is 19.0. The molecule has 9 heteroatoms. The van der Waals surface area contributed by atoms with Crippen LogP contribution >= 0.6 is 11.3 Å². The number of anilines is 1. The minimum atomic E-state index is -1.06. The molecule has 136 valence electrons. The highest BCUT2D eigenvalue weighted by molar-refractivity contribution is 7.09. The van der Waals surface area contributed by atoms with Crippen LogP contribution in [0, 0.1) is 11.3 Å². The number of thiazole rings is 1. The molecule has 1 spiro atoms. The van der Waals surface area contributed by atoms with Crippen molar-refractivity contribution in [3.05, 3.63) is 46.4 Å². The number of likely N-dealkylation sites (tertiary alicyclic amines) is 1. The lowest BCUT2D eigenvalue weighted by molar-refractivity contribution is -0.161. The van der Waals surface area contributed by atoms with Crippen LogP contribution in [0.1, 0.15) is 17.0 Å². The van der Waals surface area contributed by atoms with Gasteiger partial charge in [0.2, 0.25) is 5.91 Å². The van der Waals surface area contributed by atoms with Gasteiger partial charge in [-0.15, -0.1) is 11.3 Å². The molecular formula is C18H14N4O4S. The van der Waals surface area contributed by atoms with Crippen molar-refractivity contribution in [2.75, 3.05) is 11.9 Å². The van der Waals surface area contributed by atoms with Crippen LogP contribution in [0.2, 0.25) is 0 Å². The molecule has 0 saturated carbocycles. The smallest absolute Gasteiger partial charge is 0.397 e. The molecule has 2 aliphatic heterocycles. The van der Waals surface area contributed by atoms with E-state index < -0.39 is 23.3 Å². The van der Waals surface area contributed by atoms with E-state index in [4.69, 9.17) is 4.74 Å². The fourth-order valence-corrected chi connectivity index (χ4v) is 4.13. The van der Waals surface area contributed by atoms with E-state index in [9.17, 15) is 19.6 Å². The van der Waals surface area contributed by atoms with Crippen molar-refractivity contribution in [2.24, 2.45) is 0 Å². The van der Waals surface area contributed by atoms with Crippen LogP contribution in [0.25, 0.3) is 0 Å². The van der Waals surface area contributed by atoms with Crippen LogP contribution in [-0.2, 0) is 31.1 Å². The third kappa shape index (κ3) is 2.74. The number of ether oxygens (including phenoxy) is 1. The Hall–Kier alpha value is -3.25. The molecule has 0 aliphatic carbocycles. The second-order valence-corrected chi connectivity index (χ2v) is 7.34. The van der Waals surface area contributed by atoms with Gasteiger partial charge in [-0.1, -0.05) is 18.2 Å². The lowest BCUT2D eigenvalue weighted by Gasteiger charge is -2.22. The molecule has 1 fully saturated rings. The van der Waals surface area contributed by atoms with Crippen LogP contribution in [0.15, 0.2) is 35.8 Å². The van der Waals surface area contributed by atoms with E-state index >= 15 is 0 Å². The Morgan fingerprint density at radius 3 is 3.00 bits per heavy atom. The SMILES string of the molecule is N#C[C@@H]1C[C@@]2(CN1C(=O)C(=O)OCc1nccs1)C(=O)Nc1ccccc12. The maximum absolute atomic E-state index is 12.7. The molecule has 1 aromatic heterocycles. The van der Waals surface area contributed by atoms with Gasteiger partial charge in [-0.3, -0.25) is 9.59 Å². The summed E-state index contributed by atoms with van der Waals surface area (Å²) in [6.45, 7) is -0.152. The first-order chi connectivity index (χ1) is 13.0. The van der Waals surface area contributed by atoms with Crippen molar-refractivity contribution >= 4 is 34.8 Å². The first-order valence-electron chi connectivity index (χ1n) is 8.22. The third-order valence-electron chi connectivity index (χ3n) is 4.88. The average molecular weight is 382 g/mol. The number of amides is 2. The zero-order valence-electron chi connectivity index (χ0n) is 14.0. The molecule has 2 aromatic rings. The lowest BCUT2D eigenvalue weighted by Crippen LogP contribution is -2.43. The van der Waals surface area contributed by atoms with E-state index in [-0.39, 0.29) is 25.5 Å². The van der Waals surface area contributed by atoms with Crippen molar-refractivity contribution in [1.29, 1.82) is 5.26 Å². The first kappa shape index (κ1) is 17.2. The van der Waals surface area contributed by atoms with E-state index in [1.165, 1.54) is 11.3 Å². The fourth-order valence-electron chi connectivity index (χ4n) is 3.60. The molecule has 2 amide bonds. The Bertz CT molecular complexity index is 968. The Kier molecular flexibility index (Phi) is 4.12. The summed E-state index contributed by atoms with van der Waals surface area (Å²) < 4.78 is 5.01. The first-order valence-corrected chi connectivity index (χ1v) is 9.10. The minimum Gasteiger partial charge on any atom is -0.451 e. The maximum atomic E-state index is 12.7.